The summed E-state index contributed by atoms with van der Waals surface area (Å²) in [6.45, 7) is 1.11. The van der Waals surface area contributed by atoms with Gasteiger partial charge in [0.25, 0.3) is 5.89 Å². The fraction of sp³-hybridized carbons (Fsp3) is 0.200. The standard InChI is InChI=1S/C15H15N3O2S/c1-16-9-11-4-6-12(7-5-11)19-10-14-17-15(18-20-14)13-3-2-8-21-13/h2-8,16H,9-10H2,1H3. The molecule has 21 heavy (non-hydrogen) atoms. The number of hydrogen-bond donors (Lipinski definition) is 1. The van der Waals surface area contributed by atoms with E-state index in [2.05, 4.69) is 15.5 Å². The molecule has 108 valence electrons. The molecule has 1 aromatic carbocycles. The van der Waals surface area contributed by atoms with Gasteiger partial charge in [-0.05, 0) is 36.2 Å². The molecule has 3 aromatic rings. The van der Waals surface area contributed by atoms with E-state index in [1.165, 1.54) is 5.56 Å². The van der Waals surface area contributed by atoms with Gasteiger partial charge in [-0.15, -0.1) is 11.3 Å². The summed E-state index contributed by atoms with van der Waals surface area (Å²) in [4.78, 5) is 5.30. The van der Waals surface area contributed by atoms with Crippen molar-refractivity contribution in [2.75, 3.05) is 7.05 Å². The lowest BCUT2D eigenvalue weighted by atomic mass is 10.2. The number of nitrogens with one attached hydrogen (secondary N) is 1. The number of thiophene rings is 1. The zero-order chi connectivity index (χ0) is 14.5. The van der Waals surface area contributed by atoms with Crippen molar-refractivity contribution < 1.29 is 9.26 Å². The van der Waals surface area contributed by atoms with Crippen LogP contribution in [0.15, 0.2) is 46.3 Å². The lowest BCUT2D eigenvalue weighted by Crippen LogP contribution is -2.04. The summed E-state index contributed by atoms with van der Waals surface area (Å²) in [6, 6.07) is 11.8. The monoisotopic (exact) mass is 301 g/mol. The summed E-state index contributed by atoms with van der Waals surface area (Å²) in [5.41, 5.74) is 1.21. The van der Waals surface area contributed by atoms with Crippen LogP contribution in [0.2, 0.25) is 0 Å². The molecule has 0 saturated carbocycles. The molecule has 0 fully saturated rings. The van der Waals surface area contributed by atoms with Crippen molar-refractivity contribution in [3.05, 3.63) is 53.2 Å². The first-order chi connectivity index (χ1) is 10.3. The Hall–Kier alpha value is -2.18. The third kappa shape index (κ3) is 3.48. The fourth-order valence-corrected chi connectivity index (χ4v) is 2.52. The van der Waals surface area contributed by atoms with E-state index in [-0.39, 0.29) is 6.61 Å². The van der Waals surface area contributed by atoms with Gasteiger partial charge in [0.1, 0.15) is 5.75 Å². The van der Waals surface area contributed by atoms with Crippen molar-refractivity contribution in [3.8, 4) is 16.5 Å². The summed E-state index contributed by atoms with van der Waals surface area (Å²) in [7, 11) is 1.92. The molecule has 3 rings (SSSR count). The van der Waals surface area contributed by atoms with Crippen LogP contribution >= 0.6 is 11.3 Å². The number of hydrogen-bond acceptors (Lipinski definition) is 6. The average molecular weight is 301 g/mol. The van der Waals surface area contributed by atoms with Crippen molar-refractivity contribution in [3.63, 3.8) is 0 Å². The topological polar surface area (TPSA) is 60.2 Å². The minimum atomic E-state index is 0.268. The first kappa shape index (κ1) is 13.8. The second-order valence-electron chi connectivity index (χ2n) is 4.45. The van der Waals surface area contributed by atoms with Crippen LogP contribution in [0.1, 0.15) is 11.5 Å². The molecule has 5 nitrogen and oxygen atoms in total. The van der Waals surface area contributed by atoms with E-state index in [1.807, 2.05) is 48.8 Å². The van der Waals surface area contributed by atoms with Gasteiger partial charge in [0, 0.05) is 6.54 Å². The molecule has 0 atom stereocenters. The normalized spacial score (nSPS) is 10.7. The third-order valence-corrected chi connectivity index (χ3v) is 3.74. The van der Waals surface area contributed by atoms with Gasteiger partial charge in [-0.2, -0.15) is 4.98 Å². The second-order valence-corrected chi connectivity index (χ2v) is 5.40. The lowest BCUT2D eigenvalue weighted by Gasteiger charge is -2.04. The largest absolute Gasteiger partial charge is 0.484 e. The molecule has 0 saturated heterocycles. The molecule has 2 aromatic heterocycles. The molecule has 6 heteroatoms. The fourth-order valence-electron chi connectivity index (χ4n) is 1.87. The summed E-state index contributed by atoms with van der Waals surface area (Å²) < 4.78 is 10.8. The highest BCUT2D eigenvalue weighted by atomic mass is 32.1. The van der Waals surface area contributed by atoms with Crippen LogP contribution in [0.5, 0.6) is 5.75 Å². The smallest absolute Gasteiger partial charge is 0.264 e. The van der Waals surface area contributed by atoms with Gasteiger partial charge in [-0.1, -0.05) is 23.4 Å². The van der Waals surface area contributed by atoms with Gasteiger partial charge in [-0.25, -0.2) is 0 Å². The van der Waals surface area contributed by atoms with Gasteiger partial charge in [0.15, 0.2) is 6.61 Å². The first-order valence-electron chi connectivity index (χ1n) is 6.58. The third-order valence-electron chi connectivity index (χ3n) is 2.88. The van der Waals surface area contributed by atoms with Crippen molar-refractivity contribution >= 4 is 11.3 Å². The maximum Gasteiger partial charge on any atom is 0.264 e. The van der Waals surface area contributed by atoms with Crippen LogP contribution in [0, 0.1) is 0 Å². The Morgan fingerprint density at radius 3 is 2.81 bits per heavy atom. The van der Waals surface area contributed by atoms with E-state index in [9.17, 15) is 0 Å². The molecule has 0 radical (unpaired) electrons. The maximum absolute atomic E-state index is 5.64. The molecule has 0 aliphatic rings. The van der Waals surface area contributed by atoms with Gasteiger partial charge < -0.3 is 14.6 Å². The van der Waals surface area contributed by atoms with Crippen molar-refractivity contribution in [1.29, 1.82) is 0 Å². The van der Waals surface area contributed by atoms with Crippen LogP contribution in [0.25, 0.3) is 10.7 Å². The second kappa shape index (κ2) is 6.51. The molecule has 2 heterocycles. The van der Waals surface area contributed by atoms with Crippen LogP contribution in [0.4, 0.5) is 0 Å². The molecular weight excluding hydrogens is 286 g/mol. The molecule has 0 amide bonds. The predicted octanol–water partition coefficient (Wildman–Crippen LogP) is 3.10. The highest BCUT2D eigenvalue weighted by molar-refractivity contribution is 7.13. The van der Waals surface area contributed by atoms with E-state index >= 15 is 0 Å². The molecular formula is C15H15N3O2S. The highest BCUT2D eigenvalue weighted by Gasteiger charge is 2.09. The van der Waals surface area contributed by atoms with Crippen molar-refractivity contribution in [2.45, 2.75) is 13.2 Å². The number of ether oxygens (including phenoxy) is 1. The summed E-state index contributed by atoms with van der Waals surface area (Å²) in [5, 5.41) is 9.03. The molecule has 0 aliphatic carbocycles. The van der Waals surface area contributed by atoms with Gasteiger partial charge >= 0.3 is 0 Å². The average Bonchev–Trinajstić information content (AvgIpc) is 3.18. The predicted molar refractivity (Wildman–Crippen MR) is 81.1 cm³/mol. The zero-order valence-electron chi connectivity index (χ0n) is 11.6. The number of rotatable bonds is 6. The molecule has 1 N–H and O–H groups in total. The molecule has 0 spiro atoms. The Kier molecular flexibility index (Phi) is 4.28. The van der Waals surface area contributed by atoms with E-state index < -0.39 is 0 Å². The molecule has 0 aliphatic heterocycles. The Morgan fingerprint density at radius 2 is 2.10 bits per heavy atom. The Balaban J connectivity index is 1.60. The lowest BCUT2D eigenvalue weighted by molar-refractivity contribution is 0.243. The van der Waals surface area contributed by atoms with Gasteiger partial charge in [0.05, 0.1) is 4.88 Å². The quantitative estimate of drug-likeness (QED) is 0.758. The Bertz CT molecular complexity index is 677. The van der Waals surface area contributed by atoms with E-state index in [0.29, 0.717) is 11.7 Å². The van der Waals surface area contributed by atoms with Crippen LogP contribution in [-0.2, 0) is 13.2 Å². The summed E-state index contributed by atoms with van der Waals surface area (Å²) >= 11 is 1.58. The zero-order valence-corrected chi connectivity index (χ0v) is 12.4. The summed E-state index contributed by atoms with van der Waals surface area (Å²) in [6.07, 6.45) is 0. The van der Waals surface area contributed by atoms with Gasteiger partial charge in [0.2, 0.25) is 5.82 Å². The molecule has 0 bridgehead atoms. The maximum atomic E-state index is 5.64. The Labute approximate surface area is 126 Å². The number of nitrogens with zero attached hydrogens (tertiary/aromatic N) is 2. The minimum absolute atomic E-state index is 0.268. The van der Waals surface area contributed by atoms with Crippen molar-refractivity contribution in [2.24, 2.45) is 0 Å². The van der Waals surface area contributed by atoms with E-state index in [1.54, 1.807) is 11.3 Å². The van der Waals surface area contributed by atoms with E-state index in [4.69, 9.17) is 9.26 Å². The minimum Gasteiger partial charge on any atom is -0.484 e. The van der Waals surface area contributed by atoms with E-state index in [0.717, 1.165) is 17.2 Å². The summed E-state index contributed by atoms with van der Waals surface area (Å²) in [5.74, 6) is 1.86. The number of aromatic nitrogens is 2. The van der Waals surface area contributed by atoms with Crippen molar-refractivity contribution in [1.82, 2.24) is 15.5 Å². The SMILES string of the molecule is CNCc1ccc(OCc2nc(-c3cccs3)no2)cc1. The molecule has 0 unspecified atom stereocenters. The van der Waals surface area contributed by atoms with Crippen LogP contribution < -0.4 is 10.1 Å². The first-order valence-corrected chi connectivity index (χ1v) is 7.46. The van der Waals surface area contributed by atoms with Crippen LogP contribution in [-0.4, -0.2) is 17.2 Å². The van der Waals surface area contributed by atoms with Crippen LogP contribution in [0.3, 0.4) is 0 Å². The highest BCUT2D eigenvalue weighted by Crippen LogP contribution is 2.21. The van der Waals surface area contributed by atoms with Gasteiger partial charge in [-0.3, -0.25) is 0 Å². The number of benzene rings is 1. The Morgan fingerprint density at radius 1 is 1.24 bits per heavy atom.